The second-order valence-corrected chi connectivity index (χ2v) is 3.25. The van der Waals surface area contributed by atoms with Crippen LogP contribution in [-0.4, -0.2) is 25.7 Å². The van der Waals surface area contributed by atoms with E-state index in [0.29, 0.717) is 17.1 Å². The molecule has 0 atom stereocenters. The van der Waals surface area contributed by atoms with Crippen LogP contribution in [0.25, 0.3) is 0 Å². The average molecular weight is 210 g/mol. The first-order chi connectivity index (χ1) is 7.22. The molecule has 0 fully saturated rings. The molecular weight excluding hydrogens is 199 g/mol. The number of rotatable bonds is 2. The molecule has 80 valence electrons. The number of fused-ring (bicyclic) bond motifs is 1. The molecule has 1 aliphatic rings. The molecule has 0 saturated heterocycles. The number of nitrogens with zero attached hydrogens (tertiary/aromatic N) is 1. The van der Waals surface area contributed by atoms with E-state index in [9.17, 15) is 9.18 Å². The molecule has 1 aromatic carbocycles. The van der Waals surface area contributed by atoms with Crippen LogP contribution in [-0.2, 0) is 4.79 Å². The topological polar surface area (TPSA) is 55.6 Å². The SMILES string of the molecule is Nc1ccc2c(c1)OCC(=O)N2CCF. The number of alkyl halides is 1. The van der Waals surface area contributed by atoms with Gasteiger partial charge in [-0.1, -0.05) is 0 Å². The molecule has 4 nitrogen and oxygen atoms in total. The second-order valence-electron chi connectivity index (χ2n) is 3.25. The Morgan fingerprint density at radius 2 is 2.33 bits per heavy atom. The van der Waals surface area contributed by atoms with E-state index in [1.807, 2.05) is 0 Å². The minimum atomic E-state index is -0.574. The van der Waals surface area contributed by atoms with E-state index in [1.54, 1.807) is 18.2 Å². The minimum absolute atomic E-state index is 0.0547. The highest BCUT2D eigenvalue weighted by Gasteiger charge is 2.24. The molecule has 0 unspecified atom stereocenters. The number of hydrogen-bond acceptors (Lipinski definition) is 3. The maximum absolute atomic E-state index is 12.3. The van der Waals surface area contributed by atoms with Crippen LogP contribution in [0, 0.1) is 0 Å². The molecule has 0 radical (unpaired) electrons. The summed E-state index contributed by atoms with van der Waals surface area (Å²) >= 11 is 0. The molecule has 0 bridgehead atoms. The zero-order valence-electron chi connectivity index (χ0n) is 8.07. The van der Waals surface area contributed by atoms with E-state index >= 15 is 0 Å². The van der Waals surface area contributed by atoms with Crippen molar-refractivity contribution in [2.24, 2.45) is 0 Å². The van der Waals surface area contributed by atoms with Crippen LogP contribution in [0.4, 0.5) is 15.8 Å². The van der Waals surface area contributed by atoms with Gasteiger partial charge in [0.1, 0.15) is 12.4 Å². The van der Waals surface area contributed by atoms with E-state index in [2.05, 4.69) is 0 Å². The Morgan fingerprint density at radius 1 is 1.53 bits per heavy atom. The summed E-state index contributed by atoms with van der Waals surface area (Å²) in [4.78, 5) is 12.8. The Kier molecular flexibility index (Phi) is 2.45. The number of nitrogens with two attached hydrogens (primary N) is 1. The molecule has 1 aromatic rings. The highest BCUT2D eigenvalue weighted by molar-refractivity contribution is 5.98. The predicted octanol–water partition coefficient (Wildman–Crippen LogP) is 0.964. The number of hydrogen-bond donors (Lipinski definition) is 1. The van der Waals surface area contributed by atoms with Crippen molar-refractivity contribution in [3.05, 3.63) is 18.2 Å². The fourth-order valence-corrected chi connectivity index (χ4v) is 1.55. The highest BCUT2D eigenvalue weighted by Crippen LogP contribution is 2.33. The van der Waals surface area contributed by atoms with Crippen molar-refractivity contribution in [1.29, 1.82) is 0 Å². The van der Waals surface area contributed by atoms with Gasteiger partial charge >= 0.3 is 0 Å². The lowest BCUT2D eigenvalue weighted by Crippen LogP contribution is -2.40. The van der Waals surface area contributed by atoms with E-state index < -0.39 is 6.67 Å². The van der Waals surface area contributed by atoms with Crippen LogP contribution in [0.5, 0.6) is 5.75 Å². The number of anilines is 2. The summed E-state index contributed by atoms with van der Waals surface area (Å²) in [5, 5.41) is 0. The van der Waals surface area contributed by atoms with Crippen LogP contribution >= 0.6 is 0 Å². The molecule has 1 aliphatic heterocycles. The smallest absolute Gasteiger partial charge is 0.265 e. The first-order valence-corrected chi connectivity index (χ1v) is 4.61. The Balaban J connectivity index is 2.39. The molecular formula is C10H11FN2O2. The average Bonchev–Trinajstić information content (AvgIpc) is 2.22. The lowest BCUT2D eigenvalue weighted by molar-refractivity contribution is -0.121. The summed E-state index contributed by atoms with van der Waals surface area (Å²) in [6.07, 6.45) is 0. The van der Waals surface area contributed by atoms with Crippen molar-refractivity contribution < 1.29 is 13.9 Å². The summed E-state index contributed by atoms with van der Waals surface area (Å²) < 4.78 is 17.5. The Labute approximate surface area is 86.4 Å². The van der Waals surface area contributed by atoms with E-state index in [0.717, 1.165) is 0 Å². The number of carbonyl (C=O) groups is 1. The predicted molar refractivity (Wildman–Crippen MR) is 54.7 cm³/mol. The molecule has 2 rings (SSSR count). The molecule has 0 aromatic heterocycles. The van der Waals surface area contributed by atoms with Crippen LogP contribution in [0.3, 0.4) is 0 Å². The summed E-state index contributed by atoms with van der Waals surface area (Å²) in [5.74, 6) is 0.299. The Morgan fingerprint density at radius 3 is 3.07 bits per heavy atom. The van der Waals surface area contributed by atoms with Gasteiger partial charge < -0.3 is 15.4 Å². The Bertz CT molecular complexity index is 395. The standard InChI is InChI=1S/C10H11FN2O2/c11-3-4-13-8-2-1-7(12)5-9(8)15-6-10(13)14/h1-2,5H,3-4,6,12H2. The van der Waals surface area contributed by atoms with Crippen LogP contribution in [0.2, 0.25) is 0 Å². The van der Waals surface area contributed by atoms with Crippen LogP contribution in [0.1, 0.15) is 0 Å². The molecule has 15 heavy (non-hydrogen) atoms. The third-order valence-corrected chi connectivity index (χ3v) is 2.23. The van der Waals surface area contributed by atoms with E-state index in [-0.39, 0.29) is 19.1 Å². The fourth-order valence-electron chi connectivity index (χ4n) is 1.55. The number of halogens is 1. The van der Waals surface area contributed by atoms with Crippen molar-refractivity contribution in [3.8, 4) is 5.75 Å². The van der Waals surface area contributed by atoms with Gasteiger partial charge in [0.05, 0.1) is 12.2 Å². The first-order valence-electron chi connectivity index (χ1n) is 4.61. The molecule has 0 spiro atoms. The second kappa shape index (κ2) is 3.76. The van der Waals surface area contributed by atoms with Crippen LogP contribution < -0.4 is 15.4 Å². The third kappa shape index (κ3) is 1.72. The van der Waals surface area contributed by atoms with Gasteiger partial charge in [-0.2, -0.15) is 0 Å². The molecule has 1 heterocycles. The van der Waals surface area contributed by atoms with Gasteiger partial charge in [0.15, 0.2) is 6.61 Å². The molecule has 5 heteroatoms. The Hall–Kier alpha value is -1.78. The summed E-state index contributed by atoms with van der Waals surface area (Å²) in [7, 11) is 0. The van der Waals surface area contributed by atoms with Crippen LogP contribution in [0.15, 0.2) is 18.2 Å². The van der Waals surface area contributed by atoms with Crippen molar-refractivity contribution >= 4 is 17.3 Å². The van der Waals surface area contributed by atoms with E-state index in [1.165, 1.54) is 4.90 Å². The largest absolute Gasteiger partial charge is 0.481 e. The number of benzene rings is 1. The van der Waals surface area contributed by atoms with Crippen molar-refractivity contribution in [2.75, 3.05) is 30.5 Å². The highest BCUT2D eigenvalue weighted by atomic mass is 19.1. The van der Waals surface area contributed by atoms with Gasteiger partial charge in [-0.15, -0.1) is 0 Å². The quantitative estimate of drug-likeness (QED) is 0.740. The van der Waals surface area contributed by atoms with E-state index in [4.69, 9.17) is 10.5 Å². The maximum atomic E-state index is 12.3. The molecule has 1 amide bonds. The van der Waals surface area contributed by atoms with Crippen molar-refractivity contribution in [3.63, 3.8) is 0 Å². The number of nitrogen functional groups attached to an aromatic ring is 1. The maximum Gasteiger partial charge on any atom is 0.265 e. The van der Waals surface area contributed by atoms with Crippen molar-refractivity contribution in [1.82, 2.24) is 0 Å². The third-order valence-electron chi connectivity index (χ3n) is 2.23. The van der Waals surface area contributed by atoms with Gasteiger partial charge in [-0.25, -0.2) is 4.39 Å². The lowest BCUT2D eigenvalue weighted by atomic mass is 10.2. The van der Waals surface area contributed by atoms with Gasteiger partial charge in [0, 0.05) is 11.8 Å². The summed E-state index contributed by atoms with van der Waals surface area (Å²) in [6, 6.07) is 4.95. The normalized spacial score (nSPS) is 14.7. The lowest BCUT2D eigenvalue weighted by Gasteiger charge is -2.28. The van der Waals surface area contributed by atoms with Gasteiger partial charge in [-0.3, -0.25) is 4.79 Å². The fraction of sp³-hybridized carbons (Fsp3) is 0.300. The number of ether oxygens (including phenoxy) is 1. The zero-order chi connectivity index (χ0) is 10.8. The molecule has 2 N–H and O–H groups in total. The monoisotopic (exact) mass is 210 g/mol. The molecule has 0 saturated carbocycles. The zero-order valence-corrected chi connectivity index (χ0v) is 8.07. The van der Waals surface area contributed by atoms with Gasteiger partial charge in [0.2, 0.25) is 0 Å². The number of carbonyl (C=O) groups excluding carboxylic acids is 1. The molecule has 0 aliphatic carbocycles. The summed E-state index contributed by atoms with van der Waals surface area (Å²) in [5.41, 5.74) is 6.72. The van der Waals surface area contributed by atoms with Gasteiger partial charge in [0.25, 0.3) is 5.91 Å². The number of amides is 1. The first kappa shape index (κ1) is 9.76. The summed E-state index contributed by atoms with van der Waals surface area (Å²) in [6.45, 7) is -0.578. The van der Waals surface area contributed by atoms with Gasteiger partial charge in [-0.05, 0) is 12.1 Å². The minimum Gasteiger partial charge on any atom is -0.481 e. The van der Waals surface area contributed by atoms with Crippen molar-refractivity contribution in [2.45, 2.75) is 0 Å².